The quantitative estimate of drug-likeness (QED) is 0.451. The average molecular weight is 329 g/mol. The number of esters is 1. The Bertz CT molecular complexity index is 626. The molecule has 0 radical (unpaired) electrons. The first-order valence-electron chi connectivity index (χ1n) is 7.98. The number of anilines is 1. The number of unbranched alkanes of at least 4 members (excludes halogenated alkanes) is 1. The summed E-state index contributed by atoms with van der Waals surface area (Å²) in [6.07, 6.45) is 4.96. The van der Waals surface area contributed by atoms with Gasteiger partial charge in [0, 0.05) is 0 Å². The molecule has 1 unspecified atom stereocenters. The van der Waals surface area contributed by atoms with Crippen molar-refractivity contribution < 1.29 is 14.3 Å². The lowest BCUT2D eigenvalue weighted by Gasteiger charge is -2.28. The highest BCUT2D eigenvalue weighted by molar-refractivity contribution is 6.03. The van der Waals surface area contributed by atoms with Gasteiger partial charge in [0.05, 0.1) is 18.9 Å². The molecule has 0 bridgehead atoms. The topological polar surface area (TPSA) is 77.2 Å². The number of hydrogen-bond acceptors (Lipinski definition) is 6. The van der Waals surface area contributed by atoms with Crippen LogP contribution < -0.4 is 10.7 Å². The molecule has 128 valence electrons. The predicted octanol–water partition coefficient (Wildman–Crippen LogP) is 2.78. The van der Waals surface area contributed by atoms with Gasteiger partial charge in [-0.25, -0.2) is 0 Å². The monoisotopic (exact) mass is 329 g/mol. The summed E-state index contributed by atoms with van der Waals surface area (Å²) in [5.74, 6) is -0.526. The number of carbonyl (C=O) groups is 1. The van der Waals surface area contributed by atoms with Crippen LogP contribution in [0, 0.1) is 5.92 Å². The van der Waals surface area contributed by atoms with Crippen LogP contribution in [0.15, 0.2) is 60.0 Å². The van der Waals surface area contributed by atoms with Crippen LogP contribution in [-0.4, -0.2) is 25.0 Å². The second kappa shape index (κ2) is 8.76. The molecule has 2 rings (SSSR count). The summed E-state index contributed by atoms with van der Waals surface area (Å²) >= 11 is 0. The first kappa shape index (κ1) is 17.6. The molecule has 0 aromatic heterocycles. The van der Waals surface area contributed by atoms with Crippen molar-refractivity contribution in [2.24, 2.45) is 16.8 Å². The number of nitrogens with two attached hydrogens (primary N) is 1. The molecular formula is C18H23N3O3. The number of para-hydroxylation sites is 1. The smallest absolute Gasteiger partial charge is 0.320 e. The van der Waals surface area contributed by atoms with Crippen LogP contribution >= 0.6 is 0 Å². The molecule has 0 aliphatic carbocycles. The van der Waals surface area contributed by atoms with Crippen molar-refractivity contribution in [1.82, 2.24) is 0 Å². The van der Waals surface area contributed by atoms with Crippen LogP contribution in [0.4, 0.5) is 5.69 Å². The minimum absolute atomic E-state index is 0.177. The fraction of sp³-hybridized carbons (Fsp3) is 0.333. The third kappa shape index (κ3) is 4.38. The van der Waals surface area contributed by atoms with Crippen molar-refractivity contribution in [1.29, 1.82) is 0 Å². The van der Waals surface area contributed by atoms with Gasteiger partial charge in [-0.2, -0.15) is 10.1 Å². The van der Waals surface area contributed by atoms with Crippen LogP contribution in [0.25, 0.3) is 0 Å². The van der Waals surface area contributed by atoms with Crippen LogP contribution in [0.3, 0.4) is 0 Å². The first-order valence-corrected chi connectivity index (χ1v) is 7.98. The van der Waals surface area contributed by atoms with Gasteiger partial charge in [-0.05, 0) is 38.0 Å². The van der Waals surface area contributed by atoms with Gasteiger partial charge in [0.2, 0.25) is 5.88 Å². The highest BCUT2D eigenvalue weighted by atomic mass is 16.5. The van der Waals surface area contributed by atoms with Crippen molar-refractivity contribution in [2.75, 3.05) is 18.2 Å². The van der Waals surface area contributed by atoms with Gasteiger partial charge in [0.1, 0.15) is 11.8 Å². The number of carbonyl (C=O) groups excluding carboxylic acids is 1. The zero-order valence-electron chi connectivity index (χ0n) is 13.9. The molecule has 1 aliphatic heterocycles. The van der Waals surface area contributed by atoms with Gasteiger partial charge in [0.25, 0.3) is 0 Å². The van der Waals surface area contributed by atoms with E-state index in [1.807, 2.05) is 37.3 Å². The molecule has 0 saturated heterocycles. The van der Waals surface area contributed by atoms with Gasteiger partial charge >= 0.3 is 5.97 Å². The highest BCUT2D eigenvalue weighted by Gasteiger charge is 2.30. The highest BCUT2D eigenvalue weighted by Crippen LogP contribution is 2.25. The summed E-state index contributed by atoms with van der Waals surface area (Å²) < 4.78 is 10.9. The number of benzene rings is 1. The fourth-order valence-electron chi connectivity index (χ4n) is 2.22. The molecule has 0 saturated carbocycles. The Morgan fingerprint density at radius 3 is 2.83 bits per heavy atom. The maximum Gasteiger partial charge on any atom is 0.320 e. The second-order valence-electron chi connectivity index (χ2n) is 5.19. The van der Waals surface area contributed by atoms with Gasteiger partial charge in [0.15, 0.2) is 0 Å². The minimum Gasteiger partial charge on any atom is -0.478 e. The molecule has 1 aromatic rings. The Morgan fingerprint density at radius 2 is 2.17 bits per heavy atom. The second-order valence-corrected chi connectivity index (χ2v) is 5.19. The van der Waals surface area contributed by atoms with Gasteiger partial charge in [-0.15, -0.1) is 6.58 Å². The average Bonchev–Trinajstić information content (AvgIpc) is 2.60. The van der Waals surface area contributed by atoms with Gasteiger partial charge in [-0.3, -0.25) is 4.79 Å². The molecule has 0 amide bonds. The van der Waals surface area contributed by atoms with Crippen molar-refractivity contribution in [3.8, 4) is 0 Å². The fourth-order valence-corrected chi connectivity index (χ4v) is 2.22. The normalized spacial score (nSPS) is 16.9. The molecule has 2 N–H and O–H groups in total. The van der Waals surface area contributed by atoms with Crippen molar-refractivity contribution >= 4 is 17.5 Å². The third-order valence-corrected chi connectivity index (χ3v) is 3.40. The third-order valence-electron chi connectivity index (χ3n) is 3.40. The summed E-state index contributed by atoms with van der Waals surface area (Å²) in [4.78, 5) is 12.2. The van der Waals surface area contributed by atoms with Crippen molar-refractivity contribution in [3.63, 3.8) is 0 Å². The molecule has 1 heterocycles. The summed E-state index contributed by atoms with van der Waals surface area (Å²) in [5, 5.41) is 5.90. The van der Waals surface area contributed by atoms with Gasteiger partial charge < -0.3 is 15.2 Å². The SMILES string of the molecule is C=CCCCOC(=O)C1C=C(OCC)N(c2ccccc2)N=C1N. The van der Waals surface area contributed by atoms with E-state index in [1.165, 1.54) is 0 Å². The van der Waals surface area contributed by atoms with Crippen LogP contribution in [-0.2, 0) is 14.3 Å². The number of amidine groups is 1. The molecule has 1 aliphatic rings. The Labute approximate surface area is 142 Å². The summed E-state index contributed by atoms with van der Waals surface area (Å²) in [6, 6.07) is 9.47. The lowest BCUT2D eigenvalue weighted by atomic mass is 10.1. The predicted molar refractivity (Wildman–Crippen MR) is 94.1 cm³/mol. The Morgan fingerprint density at radius 1 is 1.42 bits per heavy atom. The van der Waals surface area contributed by atoms with E-state index in [0.717, 1.165) is 18.5 Å². The maximum absolute atomic E-state index is 12.2. The van der Waals surface area contributed by atoms with E-state index in [4.69, 9.17) is 15.2 Å². The summed E-state index contributed by atoms with van der Waals surface area (Å²) in [7, 11) is 0. The molecule has 0 spiro atoms. The van der Waals surface area contributed by atoms with E-state index in [0.29, 0.717) is 19.1 Å². The van der Waals surface area contributed by atoms with Crippen LogP contribution in [0.1, 0.15) is 19.8 Å². The van der Waals surface area contributed by atoms with Gasteiger partial charge in [-0.1, -0.05) is 24.3 Å². The van der Waals surface area contributed by atoms with E-state index in [9.17, 15) is 4.79 Å². The zero-order chi connectivity index (χ0) is 17.4. The molecule has 6 nitrogen and oxygen atoms in total. The minimum atomic E-state index is -0.741. The molecule has 1 aromatic carbocycles. The Kier molecular flexibility index (Phi) is 6.42. The molecule has 6 heteroatoms. The van der Waals surface area contributed by atoms with Crippen molar-refractivity contribution in [3.05, 3.63) is 54.9 Å². The number of ether oxygens (including phenoxy) is 2. The molecule has 24 heavy (non-hydrogen) atoms. The zero-order valence-corrected chi connectivity index (χ0v) is 13.9. The van der Waals surface area contributed by atoms with E-state index >= 15 is 0 Å². The number of hydrogen-bond donors (Lipinski definition) is 1. The first-order chi connectivity index (χ1) is 11.7. The van der Waals surface area contributed by atoms with Crippen LogP contribution in [0.2, 0.25) is 0 Å². The molecular weight excluding hydrogens is 306 g/mol. The number of allylic oxidation sites excluding steroid dienone is 1. The Balaban J connectivity index is 2.14. The summed E-state index contributed by atoms with van der Waals surface area (Å²) in [6.45, 7) is 6.28. The number of nitrogens with zero attached hydrogens (tertiary/aromatic N) is 2. The van der Waals surface area contributed by atoms with E-state index in [-0.39, 0.29) is 5.84 Å². The maximum atomic E-state index is 12.2. The van der Waals surface area contributed by atoms with Crippen LogP contribution in [0.5, 0.6) is 0 Å². The number of hydrazone groups is 1. The number of rotatable bonds is 8. The Hall–Kier alpha value is -2.76. The van der Waals surface area contributed by atoms with Crippen molar-refractivity contribution in [2.45, 2.75) is 19.8 Å². The molecule has 0 fully saturated rings. The van der Waals surface area contributed by atoms with E-state index < -0.39 is 11.9 Å². The molecule has 1 atom stereocenters. The van der Waals surface area contributed by atoms with E-state index in [1.54, 1.807) is 17.2 Å². The standard InChI is InChI=1S/C18H23N3O3/c1-3-5-9-12-24-18(22)15-13-16(23-4-2)21(20-17(15)19)14-10-7-6-8-11-14/h3,6-8,10-11,13,15H,1,4-5,9,12H2,2H3,(H2,19,20). The largest absolute Gasteiger partial charge is 0.478 e. The van der Waals surface area contributed by atoms with E-state index in [2.05, 4.69) is 11.7 Å². The lowest BCUT2D eigenvalue weighted by molar-refractivity contribution is -0.144. The lowest BCUT2D eigenvalue weighted by Crippen LogP contribution is -2.38. The summed E-state index contributed by atoms with van der Waals surface area (Å²) in [5.41, 5.74) is 6.79.